The lowest BCUT2D eigenvalue weighted by Crippen LogP contribution is -2.56. The first-order valence-electron chi connectivity index (χ1n) is 4.97. The van der Waals surface area contributed by atoms with E-state index in [0.717, 1.165) is 32.8 Å². The molecule has 0 amide bonds. The van der Waals surface area contributed by atoms with Gasteiger partial charge in [-0.25, -0.2) is 0 Å². The summed E-state index contributed by atoms with van der Waals surface area (Å²) in [5.74, 6) is 0. The molecule has 0 aromatic heterocycles. The number of nitrogens with one attached hydrogen (secondary N) is 1. The minimum absolute atomic E-state index is 0.655. The summed E-state index contributed by atoms with van der Waals surface area (Å²) in [5.41, 5.74) is 0. The van der Waals surface area contributed by atoms with Crippen LogP contribution in [0.2, 0.25) is 0 Å². The summed E-state index contributed by atoms with van der Waals surface area (Å²) in [6.45, 7) is 8.56. The van der Waals surface area contributed by atoms with Crippen LogP contribution >= 0.6 is 22.6 Å². The predicted octanol–water partition coefficient (Wildman–Crippen LogP) is 0.732. The van der Waals surface area contributed by atoms with Crippen LogP contribution in [-0.2, 0) is 4.74 Å². The van der Waals surface area contributed by atoms with Crippen molar-refractivity contribution in [1.29, 1.82) is 0 Å². The summed E-state index contributed by atoms with van der Waals surface area (Å²) in [6.07, 6.45) is 0. The Hall–Kier alpha value is 0.610. The highest BCUT2D eigenvalue weighted by Crippen LogP contribution is 2.07. The Morgan fingerprint density at radius 3 is 3.00 bits per heavy atom. The number of fused-ring (bicyclic) bond motifs is 1. The highest BCUT2D eigenvalue weighted by Gasteiger charge is 2.24. The largest absolute Gasteiger partial charge is 0.378 e. The summed E-state index contributed by atoms with van der Waals surface area (Å²) in [6, 6.07) is 0.655. The van der Waals surface area contributed by atoms with E-state index in [4.69, 9.17) is 4.74 Å². The molecule has 0 aliphatic carbocycles. The van der Waals surface area contributed by atoms with Gasteiger partial charge in [-0.05, 0) is 4.43 Å². The van der Waals surface area contributed by atoms with Crippen molar-refractivity contribution in [3.05, 3.63) is 0 Å². The summed E-state index contributed by atoms with van der Waals surface area (Å²) in [4.78, 5) is 2.51. The maximum Gasteiger partial charge on any atom is 0.0634 e. The third-order valence-electron chi connectivity index (χ3n) is 2.31. The molecule has 2 fully saturated rings. The Morgan fingerprint density at radius 2 is 2.31 bits per heavy atom. The molecular weight excluding hydrogens is 279 g/mol. The van der Waals surface area contributed by atoms with Crippen molar-refractivity contribution in [1.82, 2.24) is 10.2 Å². The van der Waals surface area contributed by atoms with E-state index in [1.165, 1.54) is 11.0 Å². The summed E-state index contributed by atoms with van der Waals surface area (Å²) >= 11 is 2.29. The first kappa shape index (κ1) is 11.7. The summed E-state index contributed by atoms with van der Waals surface area (Å²) in [5, 5.41) is 3.36. The van der Waals surface area contributed by atoms with Crippen LogP contribution in [0, 0.1) is 0 Å². The van der Waals surface area contributed by atoms with Crippen molar-refractivity contribution in [3.63, 3.8) is 0 Å². The molecule has 4 heteroatoms. The van der Waals surface area contributed by atoms with Crippen LogP contribution in [0.15, 0.2) is 0 Å². The average Bonchev–Trinajstić information content (AvgIpc) is 2.19. The Bertz CT molecular complexity index is 109. The normalized spacial score (nSPS) is 28.6. The number of hydrogen-bond acceptors (Lipinski definition) is 3. The van der Waals surface area contributed by atoms with Crippen molar-refractivity contribution in [2.45, 2.75) is 13.0 Å². The Kier molecular flexibility index (Phi) is 6.27. The number of piperazine rings is 1. The molecule has 1 atom stereocenters. The van der Waals surface area contributed by atoms with Gasteiger partial charge in [-0.3, -0.25) is 4.90 Å². The van der Waals surface area contributed by atoms with E-state index >= 15 is 0 Å². The zero-order valence-corrected chi connectivity index (χ0v) is 10.4. The van der Waals surface area contributed by atoms with Gasteiger partial charge in [-0.2, -0.15) is 0 Å². The highest BCUT2D eigenvalue weighted by atomic mass is 127. The standard InChI is InChI=1S/C7H14N2O.C2H5I/c1-2-9-3-4-10-6-7(9)5-8-1;1-2-3/h7-8H,1-6H2;2H2,1H3/t7-;/m0./s1. The third kappa shape index (κ3) is 4.10. The molecule has 2 saturated heterocycles. The van der Waals surface area contributed by atoms with Crippen molar-refractivity contribution in [2.24, 2.45) is 0 Å². The van der Waals surface area contributed by atoms with Gasteiger partial charge in [0.15, 0.2) is 0 Å². The molecule has 3 nitrogen and oxygen atoms in total. The fourth-order valence-corrected chi connectivity index (χ4v) is 1.66. The Balaban J connectivity index is 0.000000251. The quantitative estimate of drug-likeness (QED) is 0.527. The van der Waals surface area contributed by atoms with E-state index in [-0.39, 0.29) is 0 Å². The van der Waals surface area contributed by atoms with Crippen molar-refractivity contribution in [2.75, 3.05) is 43.8 Å². The van der Waals surface area contributed by atoms with E-state index in [9.17, 15) is 0 Å². The highest BCUT2D eigenvalue weighted by molar-refractivity contribution is 14.1. The van der Waals surface area contributed by atoms with Gasteiger partial charge in [0, 0.05) is 32.2 Å². The average molecular weight is 298 g/mol. The summed E-state index contributed by atoms with van der Waals surface area (Å²) < 4.78 is 6.58. The number of morpholine rings is 1. The van der Waals surface area contributed by atoms with E-state index < -0.39 is 0 Å². The molecular formula is C9H19IN2O. The minimum Gasteiger partial charge on any atom is -0.378 e. The molecule has 2 heterocycles. The maximum absolute atomic E-state index is 5.36. The lowest BCUT2D eigenvalue weighted by atomic mass is 10.2. The van der Waals surface area contributed by atoms with Gasteiger partial charge in [0.05, 0.1) is 13.2 Å². The number of halogens is 1. The van der Waals surface area contributed by atoms with Crippen molar-refractivity contribution < 1.29 is 4.74 Å². The van der Waals surface area contributed by atoms with Crippen LogP contribution in [0.25, 0.3) is 0 Å². The van der Waals surface area contributed by atoms with Gasteiger partial charge in [0.2, 0.25) is 0 Å². The number of nitrogens with zero attached hydrogens (tertiary/aromatic N) is 1. The zero-order chi connectivity index (χ0) is 9.52. The molecule has 0 bridgehead atoms. The monoisotopic (exact) mass is 298 g/mol. The zero-order valence-electron chi connectivity index (χ0n) is 8.26. The molecule has 0 aromatic rings. The second kappa shape index (κ2) is 6.98. The maximum atomic E-state index is 5.36. The molecule has 0 radical (unpaired) electrons. The Morgan fingerprint density at radius 1 is 1.54 bits per heavy atom. The van der Waals surface area contributed by atoms with Gasteiger partial charge >= 0.3 is 0 Å². The van der Waals surface area contributed by atoms with Crippen LogP contribution in [0.1, 0.15) is 6.92 Å². The minimum atomic E-state index is 0.655. The number of hydrogen-bond donors (Lipinski definition) is 1. The molecule has 0 spiro atoms. The van der Waals surface area contributed by atoms with E-state index in [2.05, 4.69) is 39.7 Å². The topological polar surface area (TPSA) is 24.5 Å². The third-order valence-corrected chi connectivity index (χ3v) is 2.31. The second-order valence-corrected chi connectivity index (χ2v) is 4.76. The first-order chi connectivity index (χ1) is 6.38. The van der Waals surface area contributed by atoms with Gasteiger partial charge < -0.3 is 10.1 Å². The van der Waals surface area contributed by atoms with Gasteiger partial charge in [-0.15, -0.1) is 0 Å². The molecule has 13 heavy (non-hydrogen) atoms. The van der Waals surface area contributed by atoms with Crippen molar-refractivity contribution in [3.8, 4) is 0 Å². The number of ether oxygens (including phenoxy) is 1. The molecule has 2 aliphatic heterocycles. The number of rotatable bonds is 0. The first-order valence-corrected chi connectivity index (χ1v) is 6.49. The predicted molar refractivity (Wildman–Crippen MR) is 63.6 cm³/mol. The van der Waals surface area contributed by atoms with E-state index in [1.54, 1.807) is 0 Å². The van der Waals surface area contributed by atoms with E-state index in [1.807, 2.05) is 0 Å². The lowest BCUT2D eigenvalue weighted by Gasteiger charge is -2.39. The SMILES string of the molecule is C1CN2CCOC[C@@H]2CN1.CCI. The fourth-order valence-electron chi connectivity index (χ4n) is 1.66. The second-order valence-electron chi connectivity index (χ2n) is 3.24. The molecule has 0 saturated carbocycles. The number of alkyl halides is 1. The van der Waals surface area contributed by atoms with Crippen LogP contribution in [0.3, 0.4) is 0 Å². The Labute approximate surface area is 94.3 Å². The fraction of sp³-hybridized carbons (Fsp3) is 1.00. The van der Waals surface area contributed by atoms with Crippen LogP contribution in [0.4, 0.5) is 0 Å². The molecule has 1 N–H and O–H groups in total. The van der Waals surface area contributed by atoms with Crippen LogP contribution < -0.4 is 5.32 Å². The molecule has 0 aromatic carbocycles. The molecule has 78 valence electrons. The van der Waals surface area contributed by atoms with E-state index in [0.29, 0.717) is 6.04 Å². The smallest absolute Gasteiger partial charge is 0.0634 e. The van der Waals surface area contributed by atoms with Crippen LogP contribution in [-0.4, -0.2) is 54.8 Å². The van der Waals surface area contributed by atoms with Crippen LogP contribution in [0.5, 0.6) is 0 Å². The van der Waals surface area contributed by atoms with Gasteiger partial charge in [0.1, 0.15) is 0 Å². The van der Waals surface area contributed by atoms with Crippen molar-refractivity contribution >= 4 is 22.6 Å². The van der Waals surface area contributed by atoms with Gasteiger partial charge in [0.25, 0.3) is 0 Å². The summed E-state index contributed by atoms with van der Waals surface area (Å²) in [7, 11) is 0. The molecule has 0 unspecified atom stereocenters. The molecule has 2 aliphatic rings. The van der Waals surface area contributed by atoms with Gasteiger partial charge in [-0.1, -0.05) is 29.5 Å². The molecule has 2 rings (SSSR count). The lowest BCUT2D eigenvalue weighted by molar-refractivity contribution is -0.0168.